The van der Waals surface area contributed by atoms with E-state index in [4.69, 9.17) is 4.74 Å². The maximum atomic E-state index is 14.0. The van der Waals surface area contributed by atoms with Crippen molar-refractivity contribution in [3.05, 3.63) is 34.5 Å². The lowest BCUT2D eigenvalue weighted by Gasteiger charge is -2.36. The number of hydrogen-bond donors (Lipinski definition) is 1. The van der Waals surface area contributed by atoms with Crippen molar-refractivity contribution in [2.45, 2.75) is 44.6 Å². The predicted octanol–water partition coefficient (Wildman–Crippen LogP) is 3.46. The largest absolute Gasteiger partial charge is 0.415 e. The van der Waals surface area contributed by atoms with Gasteiger partial charge in [0.05, 0.1) is 4.91 Å². The van der Waals surface area contributed by atoms with Crippen LogP contribution >= 0.6 is 11.8 Å². The zero-order valence-electron chi connectivity index (χ0n) is 19.2. The number of likely N-dealkylation sites (tertiary alicyclic amines) is 2. The zero-order chi connectivity index (χ0) is 23.5. The fourth-order valence-electron chi connectivity index (χ4n) is 4.91. The normalized spacial score (nSPS) is 23.6. The second-order valence-electron chi connectivity index (χ2n) is 9.09. The molecule has 182 valence electrons. The number of nitrogens with zero attached hydrogens (tertiary/aromatic N) is 4. The summed E-state index contributed by atoms with van der Waals surface area (Å²) < 4.78 is 19.7. The molecule has 0 saturated carbocycles. The highest BCUT2D eigenvalue weighted by atomic mass is 32.2. The van der Waals surface area contributed by atoms with Gasteiger partial charge in [0.25, 0.3) is 5.91 Å². The zero-order valence-corrected chi connectivity index (χ0v) is 20.0. The molecule has 1 aromatic carbocycles. The van der Waals surface area contributed by atoms with E-state index in [1.54, 1.807) is 11.0 Å². The molecule has 0 aliphatic carbocycles. The summed E-state index contributed by atoms with van der Waals surface area (Å²) >= 11 is 1.24. The average Bonchev–Trinajstić information content (AvgIpc) is 3.52. The second kappa shape index (κ2) is 10.5. The fourth-order valence-corrected chi connectivity index (χ4v) is 5.82. The molecule has 0 radical (unpaired) electrons. The number of carbonyl (C=O) groups excluding carboxylic acids is 2. The lowest BCUT2D eigenvalue weighted by molar-refractivity contribution is -0.113. The molecule has 0 bridgehead atoms. The van der Waals surface area contributed by atoms with Gasteiger partial charge in [-0.2, -0.15) is 4.99 Å². The molecule has 3 saturated heterocycles. The number of benzene rings is 1. The summed E-state index contributed by atoms with van der Waals surface area (Å²) in [4.78, 5) is 34.1. The van der Waals surface area contributed by atoms with Crippen LogP contribution in [0.1, 0.15) is 44.1 Å². The van der Waals surface area contributed by atoms with Crippen molar-refractivity contribution >= 4 is 35.0 Å². The number of ether oxygens (including phenoxy) is 1. The van der Waals surface area contributed by atoms with Gasteiger partial charge in [0.15, 0.2) is 5.17 Å². The molecule has 10 heteroatoms. The molecule has 0 aromatic heterocycles. The summed E-state index contributed by atoms with van der Waals surface area (Å²) in [5, 5.41) is 2.47. The SMILES string of the molecule is O=C1N=C(N2CCCCN2)S/C1=C\c1cc(F)ccc1OC(=O)N1CCC(N2CCCC2)CC1. The standard InChI is InChI=1S/C24H30FN5O3S/c25-18-5-6-20(33-24(32)29-13-7-19(8-14-29)28-10-3-4-11-28)17(15-18)16-21-22(31)27-23(34-21)30-12-2-1-9-26-30/h5-6,15-16,19,26H,1-4,7-14H2/b21-16-. The monoisotopic (exact) mass is 487 g/mol. The molecule has 34 heavy (non-hydrogen) atoms. The number of amides is 2. The van der Waals surface area contributed by atoms with E-state index in [0.717, 1.165) is 51.9 Å². The highest BCUT2D eigenvalue weighted by molar-refractivity contribution is 8.18. The summed E-state index contributed by atoms with van der Waals surface area (Å²) in [6, 6.07) is 4.51. The number of aliphatic imine (C=N–C) groups is 1. The molecule has 8 nitrogen and oxygen atoms in total. The fraction of sp³-hybridized carbons (Fsp3) is 0.542. The first-order chi connectivity index (χ1) is 16.6. The maximum absolute atomic E-state index is 14.0. The van der Waals surface area contributed by atoms with Crippen LogP contribution in [0.15, 0.2) is 28.1 Å². The van der Waals surface area contributed by atoms with E-state index in [0.29, 0.717) is 34.8 Å². The van der Waals surface area contributed by atoms with Crippen LogP contribution in [0.2, 0.25) is 0 Å². The Labute approximate surface area is 203 Å². The molecule has 3 fully saturated rings. The van der Waals surface area contributed by atoms with E-state index in [1.807, 2.05) is 5.01 Å². The van der Waals surface area contributed by atoms with Gasteiger partial charge >= 0.3 is 6.09 Å². The van der Waals surface area contributed by atoms with Crippen molar-refractivity contribution in [3.63, 3.8) is 0 Å². The number of carbonyl (C=O) groups is 2. The van der Waals surface area contributed by atoms with Gasteiger partial charge in [-0.1, -0.05) is 0 Å². The Morgan fingerprint density at radius 3 is 2.62 bits per heavy atom. The Bertz CT molecular complexity index is 996. The smallest absolute Gasteiger partial charge is 0.410 e. The number of hydrogen-bond acceptors (Lipinski definition) is 7. The molecule has 0 unspecified atom stereocenters. The highest BCUT2D eigenvalue weighted by Gasteiger charge is 2.30. The molecule has 4 heterocycles. The van der Waals surface area contributed by atoms with Crippen molar-refractivity contribution in [2.24, 2.45) is 4.99 Å². The second-order valence-corrected chi connectivity index (χ2v) is 10.1. The molecule has 2 amide bonds. The molecular formula is C24H30FN5O3S. The number of hydrazine groups is 1. The van der Waals surface area contributed by atoms with E-state index < -0.39 is 11.9 Å². The maximum Gasteiger partial charge on any atom is 0.415 e. The lowest BCUT2D eigenvalue weighted by atomic mass is 10.0. The van der Waals surface area contributed by atoms with E-state index in [-0.39, 0.29) is 11.7 Å². The van der Waals surface area contributed by atoms with Gasteiger partial charge in [-0.3, -0.25) is 9.80 Å². The molecule has 0 atom stereocenters. The summed E-state index contributed by atoms with van der Waals surface area (Å²) in [7, 11) is 0. The van der Waals surface area contributed by atoms with Gasteiger partial charge in [-0.15, -0.1) is 0 Å². The average molecular weight is 488 g/mol. The number of piperidine rings is 1. The van der Waals surface area contributed by atoms with Gasteiger partial charge in [-0.25, -0.2) is 14.6 Å². The van der Waals surface area contributed by atoms with Crippen LogP contribution < -0.4 is 10.2 Å². The topological polar surface area (TPSA) is 77.5 Å². The summed E-state index contributed by atoms with van der Waals surface area (Å²) in [6.45, 7) is 5.21. The molecule has 5 rings (SSSR count). The molecule has 4 aliphatic heterocycles. The minimum Gasteiger partial charge on any atom is -0.410 e. The van der Waals surface area contributed by atoms with Gasteiger partial charge in [0, 0.05) is 37.8 Å². The first-order valence-electron chi connectivity index (χ1n) is 12.1. The summed E-state index contributed by atoms with van der Waals surface area (Å²) in [5.74, 6) is -0.608. The number of amidine groups is 1. The molecule has 0 spiro atoms. The van der Waals surface area contributed by atoms with Gasteiger partial charge in [0.2, 0.25) is 0 Å². The molecular weight excluding hydrogens is 457 g/mol. The van der Waals surface area contributed by atoms with Gasteiger partial charge in [-0.05, 0) is 87.7 Å². The van der Waals surface area contributed by atoms with Crippen molar-refractivity contribution in [3.8, 4) is 5.75 Å². The van der Waals surface area contributed by atoms with Crippen molar-refractivity contribution < 1.29 is 18.7 Å². The molecule has 4 aliphatic rings. The third-order valence-corrected chi connectivity index (χ3v) is 7.79. The van der Waals surface area contributed by atoms with Crippen LogP contribution in [0.4, 0.5) is 9.18 Å². The third kappa shape index (κ3) is 5.29. The predicted molar refractivity (Wildman–Crippen MR) is 130 cm³/mol. The number of nitrogens with one attached hydrogen (secondary N) is 1. The van der Waals surface area contributed by atoms with Gasteiger partial charge < -0.3 is 14.5 Å². The minimum atomic E-state index is -0.465. The van der Waals surface area contributed by atoms with Gasteiger partial charge in [0.1, 0.15) is 11.6 Å². The highest BCUT2D eigenvalue weighted by Crippen LogP contribution is 2.33. The first kappa shape index (κ1) is 23.3. The first-order valence-corrected chi connectivity index (χ1v) is 12.9. The Kier molecular flexibility index (Phi) is 7.17. The Morgan fingerprint density at radius 2 is 1.88 bits per heavy atom. The van der Waals surface area contributed by atoms with Crippen LogP contribution in [0.25, 0.3) is 6.08 Å². The summed E-state index contributed by atoms with van der Waals surface area (Å²) in [5.41, 5.74) is 3.58. The van der Waals surface area contributed by atoms with Crippen molar-refractivity contribution in [1.29, 1.82) is 0 Å². The minimum absolute atomic E-state index is 0.235. The van der Waals surface area contributed by atoms with E-state index >= 15 is 0 Å². The van der Waals surface area contributed by atoms with Crippen LogP contribution in [-0.2, 0) is 4.79 Å². The van der Waals surface area contributed by atoms with E-state index in [9.17, 15) is 14.0 Å². The Balaban J connectivity index is 1.24. The van der Waals surface area contributed by atoms with Crippen molar-refractivity contribution in [2.75, 3.05) is 39.3 Å². The number of rotatable bonds is 3. The Morgan fingerprint density at radius 1 is 1.12 bits per heavy atom. The number of halogens is 1. The Hall–Kier alpha value is -2.43. The number of thioether (sulfide) groups is 1. The molecule has 1 aromatic rings. The van der Waals surface area contributed by atoms with E-state index in [1.165, 1.54) is 42.8 Å². The van der Waals surface area contributed by atoms with Crippen LogP contribution in [-0.4, -0.2) is 77.3 Å². The van der Waals surface area contributed by atoms with E-state index in [2.05, 4.69) is 15.3 Å². The van der Waals surface area contributed by atoms with Crippen LogP contribution in [0, 0.1) is 5.82 Å². The third-order valence-electron chi connectivity index (χ3n) is 6.79. The molecule has 1 N–H and O–H groups in total. The quantitative estimate of drug-likeness (QED) is 0.655. The van der Waals surface area contributed by atoms with Crippen LogP contribution in [0.3, 0.4) is 0 Å². The lowest BCUT2D eigenvalue weighted by Crippen LogP contribution is -2.46. The summed E-state index contributed by atoms with van der Waals surface area (Å²) in [6.07, 6.45) is 7.61. The van der Waals surface area contributed by atoms with Crippen LogP contribution in [0.5, 0.6) is 5.75 Å². The van der Waals surface area contributed by atoms with Crippen molar-refractivity contribution in [1.82, 2.24) is 20.2 Å².